The standard InChI is InChI=1S/C11H13FN2O3/c1-3-9(11(16)17)14(2)10(15)7-4-5-13-6-8(7)12/h4-6,9H,3H2,1-2H3,(H,16,17). The van der Waals surface area contributed by atoms with Crippen LogP contribution < -0.4 is 0 Å². The minimum absolute atomic E-state index is 0.179. The smallest absolute Gasteiger partial charge is 0.326 e. The number of hydrogen-bond donors (Lipinski definition) is 1. The maximum absolute atomic E-state index is 13.3. The Balaban J connectivity index is 2.98. The molecule has 1 heterocycles. The van der Waals surface area contributed by atoms with E-state index >= 15 is 0 Å². The molecule has 0 saturated carbocycles. The summed E-state index contributed by atoms with van der Waals surface area (Å²) in [5.41, 5.74) is -0.179. The normalized spacial score (nSPS) is 11.9. The molecule has 1 aromatic heterocycles. The summed E-state index contributed by atoms with van der Waals surface area (Å²) in [6.45, 7) is 1.64. The zero-order valence-corrected chi connectivity index (χ0v) is 9.55. The van der Waals surface area contributed by atoms with Crippen molar-refractivity contribution < 1.29 is 19.1 Å². The van der Waals surface area contributed by atoms with E-state index in [2.05, 4.69) is 4.98 Å². The van der Waals surface area contributed by atoms with Crippen LogP contribution in [-0.4, -0.2) is 40.0 Å². The fraction of sp³-hybridized carbons (Fsp3) is 0.364. The summed E-state index contributed by atoms with van der Waals surface area (Å²) < 4.78 is 13.3. The summed E-state index contributed by atoms with van der Waals surface area (Å²) >= 11 is 0. The van der Waals surface area contributed by atoms with E-state index in [1.54, 1.807) is 6.92 Å². The molecule has 5 nitrogen and oxygen atoms in total. The fourth-order valence-electron chi connectivity index (χ4n) is 1.49. The topological polar surface area (TPSA) is 70.5 Å². The molecule has 1 amide bonds. The quantitative estimate of drug-likeness (QED) is 0.857. The number of carboxylic acid groups (broad SMARTS) is 1. The van der Waals surface area contributed by atoms with Crippen molar-refractivity contribution in [3.05, 3.63) is 29.8 Å². The van der Waals surface area contributed by atoms with Crippen LogP contribution in [0.5, 0.6) is 0 Å². The Hall–Kier alpha value is -1.98. The van der Waals surface area contributed by atoms with E-state index < -0.39 is 23.7 Å². The number of pyridine rings is 1. The second-order valence-electron chi connectivity index (χ2n) is 3.53. The van der Waals surface area contributed by atoms with Crippen molar-refractivity contribution in [3.8, 4) is 0 Å². The molecular formula is C11H13FN2O3. The summed E-state index contributed by atoms with van der Waals surface area (Å²) in [6.07, 6.45) is 2.46. The molecule has 1 rings (SSSR count). The molecule has 1 unspecified atom stereocenters. The van der Waals surface area contributed by atoms with Crippen LogP contribution in [0.4, 0.5) is 4.39 Å². The van der Waals surface area contributed by atoms with Gasteiger partial charge in [0.25, 0.3) is 5.91 Å². The first-order valence-corrected chi connectivity index (χ1v) is 5.08. The van der Waals surface area contributed by atoms with Crippen LogP contribution in [0.25, 0.3) is 0 Å². The maximum atomic E-state index is 13.3. The van der Waals surface area contributed by atoms with E-state index in [4.69, 9.17) is 5.11 Å². The van der Waals surface area contributed by atoms with Crippen molar-refractivity contribution >= 4 is 11.9 Å². The highest BCUT2D eigenvalue weighted by Crippen LogP contribution is 2.11. The van der Waals surface area contributed by atoms with Crippen molar-refractivity contribution in [3.63, 3.8) is 0 Å². The van der Waals surface area contributed by atoms with Gasteiger partial charge in [-0.05, 0) is 12.5 Å². The first-order valence-electron chi connectivity index (χ1n) is 5.08. The molecule has 0 aliphatic heterocycles. The van der Waals surface area contributed by atoms with Crippen molar-refractivity contribution in [1.29, 1.82) is 0 Å². The van der Waals surface area contributed by atoms with E-state index in [0.29, 0.717) is 0 Å². The van der Waals surface area contributed by atoms with Crippen LogP contribution in [0.3, 0.4) is 0 Å². The predicted molar refractivity (Wildman–Crippen MR) is 58.0 cm³/mol. The maximum Gasteiger partial charge on any atom is 0.326 e. The predicted octanol–water partition coefficient (Wildman–Crippen LogP) is 1.16. The molecule has 0 spiro atoms. The van der Waals surface area contributed by atoms with Gasteiger partial charge in [-0.25, -0.2) is 9.18 Å². The number of likely N-dealkylation sites (N-methyl/N-ethyl adjacent to an activating group) is 1. The Morgan fingerprint density at radius 3 is 2.71 bits per heavy atom. The van der Waals surface area contributed by atoms with E-state index in [1.165, 1.54) is 19.3 Å². The van der Waals surface area contributed by atoms with Gasteiger partial charge in [-0.1, -0.05) is 6.92 Å². The molecule has 0 radical (unpaired) electrons. The summed E-state index contributed by atoms with van der Waals surface area (Å²) in [5.74, 6) is -2.54. The molecule has 6 heteroatoms. The van der Waals surface area contributed by atoms with Crippen LogP contribution in [-0.2, 0) is 4.79 Å². The van der Waals surface area contributed by atoms with Crippen LogP contribution >= 0.6 is 0 Å². The van der Waals surface area contributed by atoms with Gasteiger partial charge in [0, 0.05) is 13.2 Å². The highest BCUT2D eigenvalue weighted by molar-refractivity contribution is 5.96. The van der Waals surface area contributed by atoms with E-state index in [9.17, 15) is 14.0 Å². The Kier molecular flexibility index (Phi) is 4.14. The summed E-state index contributed by atoms with van der Waals surface area (Å²) in [7, 11) is 1.34. The molecule has 0 saturated heterocycles. The highest BCUT2D eigenvalue weighted by Gasteiger charge is 2.26. The van der Waals surface area contributed by atoms with Crippen molar-refractivity contribution in [2.24, 2.45) is 0 Å². The number of amides is 1. The second-order valence-corrected chi connectivity index (χ2v) is 3.53. The summed E-state index contributed by atoms with van der Waals surface area (Å²) in [6, 6.07) is 0.262. The van der Waals surface area contributed by atoms with Crippen molar-refractivity contribution in [2.75, 3.05) is 7.05 Å². The number of carbonyl (C=O) groups is 2. The van der Waals surface area contributed by atoms with Crippen LogP contribution in [0.1, 0.15) is 23.7 Å². The van der Waals surface area contributed by atoms with Gasteiger partial charge in [-0.15, -0.1) is 0 Å². The Labute approximate surface area is 97.9 Å². The van der Waals surface area contributed by atoms with Gasteiger partial charge < -0.3 is 10.0 Å². The van der Waals surface area contributed by atoms with Gasteiger partial charge in [0.15, 0.2) is 5.82 Å². The van der Waals surface area contributed by atoms with E-state index in [0.717, 1.165) is 11.1 Å². The van der Waals surface area contributed by atoms with Crippen LogP contribution in [0, 0.1) is 5.82 Å². The molecule has 0 aromatic carbocycles. The molecule has 0 bridgehead atoms. The molecule has 0 aliphatic carbocycles. The molecule has 1 N–H and O–H groups in total. The Morgan fingerprint density at radius 2 is 2.24 bits per heavy atom. The average Bonchev–Trinajstić information content (AvgIpc) is 2.29. The Morgan fingerprint density at radius 1 is 1.59 bits per heavy atom. The number of halogens is 1. The monoisotopic (exact) mass is 240 g/mol. The lowest BCUT2D eigenvalue weighted by atomic mass is 10.1. The van der Waals surface area contributed by atoms with Gasteiger partial charge in [0.2, 0.25) is 0 Å². The second kappa shape index (κ2) is 5.38. The first kappa shape index (κ1) is 13.1. The van der Waals surface area contributed by atoms with Crippen LogP contribution in [0.2, 0.25) is 0 Å². The van der Waals surface area contributed by atoms with Gasteiger partial charge in [0.05, 0.1) is 11.8 Å². The lowest BCUT2D eigenvalue weighted by Gasteiger charge is -2.23. The molecule has 0 aliphatic rings. The third-order valence-corrected chi connectivity index (χ3v) is 2.46. The number of hydrogen-bond acceptors (Lipinski definition) is 3. The van der Waals surface area contributed by atoms with E-state index in [-0.39, 0.29) is 12.0 Å². The number of aliphatic carboxylic acids is 1. The van der Waals surface area contributed by atoms with Gasteiger partial charge in [-0.3, -0.25) is 9.78 Å². The molecule has 1 aromatic rings. The first-order chi connectivity index (χ1) is 7.99. The van der Waals surface area contributed by atoms with Crippen molar-refractivity contribution in [2.45, 2.75) is 19.4 Å². The average molecular weight is 240 g/mol. The summed E-state index contributed by atoms with van der Waals surface area (Å²) in [5, 5.41) is 8.91. The lowest BCUT2D eigenvalue weighted by Crippen LogP contribution is -2.42. The number of aromatic nitrogens is 1. The lowest BCUT2D eigenvalue weighted by molar-refractivity contribution is -0.142. The minimum atomic E-state index is -1.11. The molecule has 1 atom stereocenters. The minimum Gasteiger partial charge on any atom is -0.480 e. The van der Waals surface area contributed by atoms with Crippen molar-refractivity contribution in [1.82, 2.24) is 9.88 Å². The number of nitrogens with zero attached hydrogens (tertiary/aromatic N) is 2. The molecule has 0 fully saturated rings. The largest absolute Gasteiger partial charge is 0.480 e. The number of rotatable bonds is 4. The van der Waals surface area contributed by atoms with Gasteiger partial charge in [-0.2, -0.15) is 0 Å². The number of carboxylic acids is 1. The van der Waals surface area contributed by atoms with Gasteiger partial charge >= 0.3 is 5.97 Å². The van der Waals surface area contributed by atoms with Gasteiger partial charge in [0.1, 0.15) is 6.04 Å². The number of carbonyl (C=O) groups excluding carboxylic acids is 1. The molecule has 17 heavy (non-hydrogen) atoms. The SMILES string of the molecule is CCC(C(=O)O)N(C)C(=O)c1ccncc1F. The third kappa shape index (κ3) is 2.77. The van der Waals surface area contributed by atoms with E-state index in [1.807, 2.05) is 0 Å². The zero-order valence-electron chi connectivity index (χ0n) is 9.55. The molecule has 92 valence electrons. The summed E-state index contributed by atoms with van der Waals surface area (Å²) in [4.78, 5) is 27.3. The van der Waals surface area contributed by atoms with Crippen LogP contribution in [0.15, 0.2) is 18.5 Å². The zero-order chi connectivity index (χ0) is 13.0. The molecular weight excluding hydrogens is 227 g/mol. The third-order valence-electron chi connectivity index (χ3n) is 2.46. The fourth-order valence-corrected chi connectivity index (χ4v) is 1.49. The highest BCUT2D eigenvalue weighted by atomic mass is 19.1. The Bertz CT molecular complexity index is 436.